The molecule has 3 heterocycles. The van der Waals surface area contributed by atoms with Crippen LogP contribution in [0, 0.1) is 5.41 Å². The molecule has 0 unspecified atom stereocenters. The van der Waals surface area contributed by atoms with Crippen molar-refractivity contribution in [1.29, 1.82) is 0 Å². The number of amides is 3. The predicted molar refractivity (Wildman–Crippen MR) is 95.8 cm³/mol. The molecule has 1 aromatic heterocycles. The lowest BCUT2D eigenvalue weighted by Crippen LogP contribution is -2.55. The number of hydrogen-bond acceptors (Lipinski definition) is 4. The Bertz CT molecular complexity index is 679. The Morgan fingerprint density at radius 2 is 2.15 bits per heavy atom. The summed E-state index contributed by atoms with van der Waals surface area (Å²) in [6.45, 7) is 4.07. The third-order valence-electron chi connectivity index (χ3n) is 5.35. The molecule has 1 atom stereocenters. The minimum atomic E-state index is -0.198. The summed E-state index contributed by atoms with van der Waals surface area (Å²) >= 11 is 0. The average molecular weight is 358 g/mol. The molecule has 0 aliphatic carbocycles. The molecule has 140 valence electrons. The first-order valence-electron chi connectivity index (χ1n) is 9.16. The molecule has 26 heavy (non-hydrogen) atoms. The fraction of sp³-hybridized carbons (Fsp3) is 0.579. The molecule has 2 aliphatic heterocycles. The van der Waals surface area contributed by atoms with Crippen LogP contribution in [0.15, 0.2) is 24.5 Å². The van der Waals surface area contributed by atoms with Gasteiger partial charge in [-0.25, -0.2) is 0 Å². The van der Waals surface area contributed by atoms with Crippen molar-refractivity contribution in [2.24, 2.45) is 5.41 Å². The zero-order chi connectivity index (χ0) is 18.6. The van der Waals surface area contributed by atoms with Gasteiger partial charge in [0.1, 0.15) is 0 Å². The van der Waals surface area contributed by atoms with E-state index in [-0.39, 0.29) is 29.7 Å². The number of carbonyl (C=O) groups is 3. The summed E-state index contributed by atoms with van der Waals surface area (Å²) < 4.78 is 0. The number of rotatable bonds is 4. The van der Waals surface area contributed by atoms with Gasteiger partial charge < -0.3 is 15.1 Å². The minimum Gasteiger partial charge on any atom is -0.347 e. The molecule has 3 amide bonds. The molecule has 1 N–H and O–H groups in total. The molecule has 0 aromatic carbocycles. The van der Waals surface area contributed by atoms with E-state index in [1.807, 2.05) is 21.9 Å². The highest BCUT2D eigenvalue weighted by Gasteiger charge is 2.42. The smallest absolute Gasteiger partial charge is 0.241 e. The fourth-order valence-electron chi connectivity index (χ4n) is 4.02. The molecule has 0 bridgehead atoms. The van der Waals surface area contributed by atoms with Gasteiger partial charge in [0.05, 0.1) is 6.54 Å². The van der Waals surface area contributed by atoms with Crippen LogP contribution in [-0.2, 0) is 20.9 Å². The van der Waals surface area contributed by atoms with Gasteiger partial charge >= 0.3 is 0 Å². The topological polar surface area (TPSA) is 82.6 Å². The average Bonchev–Trinajstić information content (AvgIpc) is 2.64. The van der Waals surface area contributed by atoms with Crippen molar-refractivity contribution in [2.75, 3.05) is 26.2 Å². The van der Waals surface area contributed by atoms with Gasteiger partial charge in [-0.1, -0.05) is 6.07 Å². The first-order chi connectivity index (χ1) is 12.5. The van der Waals surface area contributed by atoms with Gasteiger partial charge in [-0.05, 0) is 30.9 Å². The van der Waals surface area contributed by atoms with E-state index < -0.39 is 0 Å². The van der Waals surface area contributed by atoms with E-state index in [0.29, 0.717) is 26.1 Å². The van der Waals surface area contributed by atoms with E-state index in [1.165, 1.54) is 6.92 Å². The summed E-state index contributed by atoms with van der Waals surface area (Å²) in [7, 11) is 0. The molecule has 7 heteroatoms. The van der Waals surface area contributed by atoms with Crippen LogP contribution in [0.2, 0.25) is 0 Å². The number of hydrogen-bond donors (Lipinski definition) is 1. The molecule has 3 rings (SSSR count). The first kappa shape index (κ1) is 18.4. The summed E-state index contributed by atoms with van der Waals surface area (Å²) in [5.74, 6) is -0.0767. The Labute approximate surface area is 153 Å². The third kappa shape index (κ3) is 4.39. The predicted octanol–water partition coefficient (Wildman–Crippen LogP) is 0.949. The number of aromatic nitrogens is 1. The molecule has 2 saturated heterocycles. The Morgan fingerprint density at radius 3 is 2.88 bits per heavy atom. The van der Waals surface area contributed by atoms with E-state index >= 15 is 0 Å². The van der Waals surface area contributed by atoms with Crippen molar-refractivity contribution < 1.29 is 14.4 Å². The summed E-state index contributed by atoms with van der Waals surface area (Å²) in [5.41, 5.74) is 0.979. The van der Waals surface area contributed by atoms with Crippen LogP contribution in [0.25, 0.3) is 0 Å². The van der Waals surface area contributed by atoms with Crippen molar-refractivity contribution in [3.8, 4) is 0 Å². The lowest BCUT2D eigenvalue weighted by Gasteiger charge is -2.48. The SMILES string of the molecule is CC(=O)NCC(=O)N1CCC[C@]2(CCC(=O)N(Cc3cccnc3)C2)C1. The number of piperidine rings is 2. The van der Waals surface area contributed by atoms with Crippen LogP contribution >= 0.6 is 0 Å². The van der Waals surface area contributed by atoms with Crippen molar-refractivity contribution in [2.45, 2.75) is 39.2 Å². The van der Waals surface area contributed by atoms with Crippen molar-refractivity contribution >= 4 is 17.7 Å². The number of pyridine rings is 1. The van der Waals surface area contributed by atoms with Crippen molar-refractivity contribution in [3.63, 3.8) is 0 Å². The van der Waals surface area contributed by atoms with Crippen LogP contribution in [0.3, 0.4) is 0 Å². The Kier molecular flexibility index (Phi) is 5.54. The molecule has 7 nitrogen and oxygen atoms in total. The number of nitrogens with one attached hydrogen (secondary N) is 1. The van der Waals surface area contributed by atoms with E-state index in [2.05, 4.69) is 10.3 Å². The second kappa shape index (κ2) is 7.85. The number of nitrogens with zero attached hydrogens (tertiary/aromatic N) is 3. The second-order valence-electron chi connectivity index (χ2n) is 7.44. The van der Waals surface area contributed by atoms with Crippen LogP contribution in [-0.4, -0.2) is 58.7 Å². The molecule has 1 spiro atoms. The first-order valence-corrected chi connectivity index (χ1v) is 9.16. The lowest BCUT2D eigenvalue weighted by molar-refractivity contribution is -0.143. The van der Waals surface area contributed by atoms with Gasteiger partial charge in [0.15, 0.2) is 0 Å². The highest BCUT2D eigenvalue weighted by Crippen LogP contribution is 2.39. The number of carbonyl (C=O) groups excluding carboxylic acids is 3. The molecular weight excluding hydrogens is 332 g/mol. The fourth-order valence-corrected chi connectivity index (χ4v) is 4.02. The zero-order valence-corrected chi connectivity index (χ0v) is 15.2. The molecule has 0 radical (unpaired) electrons. The van der Waals surface area contributed by atoms with Gasteiger partial charge in [-0.2, -0.15) is 0 Å². The van der Waals surface area contributed by atoms with Gasteiger partial charge in [0.2, 0.25) is 17.7 Å². The Morgan fingerprint density at radius 1 is 1.31 bits per heavy atom. The van der Waals surface area contributed by atoms with Crippen LogP contribution in [0.1, 0.15) is 38.2 Å². The second-order valence-corrected chi connectivity index (χ2v) is 7.44. The van der Waals surface area contributed by atoms with Crippen molar-refractivity contribution in [3.05, 3.63) is 30.1 Å². The maximum absolute atomic E-state index is 12.4. The van der Waals surface area contributed by atoms with Crippen LogP contribution < -0.4 is 5.32 Å². The standard InChI is InChI=1S/C19H26N4O3/c1-15(24)21-11-18(26)22-9-3-6-19(13-22)7-5-17(25)23(14-19)12-16-4-2-8-20-10-16/h2,4,8,10H,3,5-7,9,11-14H2,1H3,(H,21,24)/t19-/m0/s1. The molecule has 1 aromatic rings. The molecule has 0 saturated carbocycles. The van der Waals surface area contributed by atoms with Crippen LogP contribution in [0.5, 0.6) is 0 Å². The summed E-state index contributed by atoms with van der Waals surface area (Å²) in [6.07, 6.45) is 6.81. The normalized spacial score (nSPS) is 23.2. The highest BCUT2D eigenvalue weighted by atomic mass is 16.2. The van der Waals surface area contributed by atoms with Gasteiger partial charge in [0, 0.05) is 57.3 Å². The van der Waals surface area contributed by atoms with Gasteiger partial charge in [-0.15, -0.1) is 0 Å². The van der Waals surface area contributed by atoms with Crippen LogP contribution in [0.4, 0.5) is 0 Å². The monoisotopic (exact) mass is 358 g/mol. The van der Waals surface area contributed by atoms with Crippen molar-refractivity contribution in [1.82, 2.24) is 20.1 Å². The van der Waals surface area contributed by atoms with Gasteiger partial charge in [-0.3, -0.25) is 19.4 Å². The van der Waals surface area contributed by atoms with Gasteiger partial charge in [0.25, 0.3) is 0 Å². The maximum Gasteiger partial charge on any atom is 0.241 e. The van der Waals surface area contributed by atoms with E-state index in [4.69, 9.17) is 0 Å². The highest BCUT2D eigenvalue weighted by molar-refractivity contribution is 5.84. The summed E-state index contributed by atoms with van der Waals surface area (Å²) in [4.78, 5) is 43.7. The van der Waals surface area contributed by atoms with E-state index in [1.54, 1.807) is 12.4 Å². The Balaban J connectivity index is 1.65. The Hall–Kier alpha value is -2.44. The molecular formula is C19H26N4O3. The summed E-state index contributed by atoms with van der Waals surface area (Å²) in [5, 5.41) is 2.58. The minimum absolute atomic E-state index is 0.0414. The quantitative estimate of drug-likeness (QED) is 0.869. The largest absolute Gasteiger partial charge is 0.347 e. The molecule has 2 fully saturated rings. The summed E-state index contributed by atoms with van der Waals surface area (Å²) in [6, 6.07) is 3.86. The third-order valence-corrected chi connectivity index (χ3v) is 5.35. The number of likely N-dealkylation sites (tertiary alicyclic amines) is 2. The van der Waals surface area contributed by atoms with E-state index in [0.717, 1.165) is 31.4 Å². The maximum atomic E-state index is 12.4. The van der Waals surface area contributed by atoms with E-state index in [9.17, 15) is 14.4 Å². The zero-order valence-electron chi connectivity index (χ0n) is 15.2. The molecule has 2 aliphatic rings. The lowest BCUT2D eigenvalue weighted by atomic mass is 9.73.